The average Bonchev–Trinajstić information content (AvgIpc) is 2.60. The van der Waals surface area contributed by atoms with Gasteiger partial charge in [0.15, 0.2) is 5.75 Å². The van der Waals surface area contributed by atoms with E-state index in [4.69, 9.17) is 9.47 Å². The molecule has 23 heavy (non-hydrogen) atoms. The molecule has 0 fully saturated rings. The number of rotatable bonds is 5. The number of benzene rings is 2. The van der Waals surface area contributed by atoms with Crippen molar-refractivity contribution < 1.29 is 23.8 Å². The van der Waals surface area contributed by atoms with Gasteiger partial charge in [-0.1, -0.05) is 36.4 Å². The molecular formula is C17H17NO5. The van der Waals surface area contributed by atoms with E-state index in [0.717, 1.165) is 5.56 Å². The topological polar surface area (TPSA) is 73.9 Å². The van der Waals surface area contributed by atoms with Crippen molar-refractivity contribution in [3.05, 3.63) is 59.7 Å². The summed E-state index contributed by atoms with van der Waals surface area (Å²) in [6.07, 6.45) is -0.644. The van der Waals surface area contributed by atoms with Crippen molar-refractivity contribution in [2.24, 2.45) is 0 Å². The number of anilines is 1. The van der Waals surface area contributed by atoms with Gasteiger partial charge in [0.25, 0.3) is 0 Å². The van der Waals surface area contributed by atoms with E-state index >= 15 is 0 Å². The molecule has 0 aliphatic rings. The third kappa shape index (κ3) is 4.23. The summed E-state index contributed by atoms with van der Waals surface area (Å²) in [5, 5.41) is 2.56. The molecule has 0 atom stereocenters. The fourth-order valence-electron chi connectivity index (χ4n) is 2.00. The summed E-state index contributed by atoms with van der Waals surface area (Å²) in [4.78, 5) is 23.6. The first-order chi connectivity index (χ1) is 11.2. The zero-order valence-electron chi connectivity index (χ0n) is 12.9. The summed E-state index contributed by atoms with van der Waals surface area (Å²) >= 11 is 0. The molecule has 0 saturated carbocycles. The number of esters is 1. The second-order valence-corrected chi connectivity index (χ2v) is 4.56. The molecule has 0 saturated heterocycles. The van der Waals surface area contributed by atoms with Crippen molar-refractivity contribution in [2.75, 3.05) is 19.5 Å². The number of ether oxygens (including phenoxy) is 3. The second-order valence-electron chi connectivity index (χ2n) is 4.56. The van der Waals surface area contributed by atoms with E-state index in [2.05, 4.69) is 10.1 Å². The van der Waals surface area contributed by atoms with Crippen LogP contribution in [0.2, 0.25) is 0 Å². The van der Waals surface area contributed by atoms with Crippen molar-refractivity contribution in [2.45, 2.75) is 6.61 Å². The SMILES string of the molecule is COC(=O)c1cccc(NC(=O)OCc2ccccc2)c1OC. The van der Waals surface area contributed by atoms with Gasteiger partial charge in [-0.2, -0.15) is 0 Å². The highest BCUT2D eigenvalue weighted by atomic mass is 16.5. The Balaban J connectivity index is 2.07. The maximum Gasteiger partial charge on any atom is 0.412 e. The largest absolute Gasteiger partial charge is 0.494 e. The van der Waals surface area contributed by atoms with Crippen molar-refractivity contribution in [1.82, 2.24) is 0 Å². The first-order valence-corrected chi connectivity index (χ1v) is 6.88. The Hall–Kier alpha value is -3.02. The summed E-state index contributed by atoms with van der Waals surface area (Å²) < 4.78 is 15.0. The van der Waals surface area contributed by atoms with Gasteiger partial charge in [-0.15, -0.1) is 0 Å². The van der Waals surface area contributed by atoms with Crippen LogP contribution in [0.5, 0.6) is 5.75 Å². The summed E-state index contributed by atoms with van der Waals surface area (Å²) in [6.45, 7) is 0.145. The molecule has 0 radical (unpaired) electrons. The molecule has 0 bridgehead atoms. The van der Waals surface area contributed by atoms with Crippen LogP contribution in [0.1, 0.15) is 15.9 Å². The third-order valence-electron chi connectivity index (χ3n) is 3.07. The fourth-order valence-corrected chi connectivity index (χ4v) is 2.00. The molecule has 6 nitrogen and oxygen atoms in total. The Morgan fingerprint density at radius 2 is 1.74 bits per heavy atom. The molecule has 6 heteroatoms. The van der Waals surface area contributed by atoms with Crippen molar-refractivity contribution in [3.8, 4) is 5.75 Å². The van der Waals surface area contributed by atoms with E-state index in [1.54, 1.807) is 18.2 Å². The standard InChI is InChI=1S/C17H17NO5/c1-21-15-13(16(19)22-2)9-6-10-14(15)18-17(20)23-11-12-7-4-3-5-8-12/h3-10H,11H2,1-2H3,(H,18,20). The minimum atomic E-state index is -0.644. The molecular weight excluding hydrogens is 298 g/mol. The molecule has 0 aromatic heterocycles. The Labute approximate surface area is 134 Å². The van der Waals surface area contributed by atoms with Crippen LogP contribution in [0.3, 0.4) is 0 Å². The number of para-hydroxylation sites is 1. The zero-order chi connectivity index (χ0) is 16.7. The third-order valence-corrected chi connectivity index (χ3v) is 3.07. The van der Waals surface area contributed by atoms with Crippen LogP contribution in [0.25, 0.3) is 0 Å². The lowest BCUT2D eigenvalue weighted by molar-refractivity contribution is 0.0597. The predicted molar refractivity (Wildman–Crippen MR) is 84.6 cm³/mol. The fraction of sp³-hybridized carbons (Fsp3) is 0.176. The first kappa shape index (κ1) is 16.4. The van der Waals surface area contributed by atoms with Gasteiger partial charge < -0.3 is 14.2 Å². The van der Waals surface area contributed by atoms with E-state index in [-0.39, 0.29) is 17.9 Å². The quantitative estimate of drug-likeness (QED) is 0.858. The van der Waals surface area contributed by atoms with Gasteiger partial charge >= 0.3 is 12.1 Å². The number of amides is 1. The first-order valence-electron chi connectivity index (χ1n) is 6.88. The Bertz CT molecular complexity index is 685. The van der Waals surface area contributed by atoms with Gasteiger partial charge in [0.05, 0.1) is 19.9 Å². The minimum absolute atomic E-state index is 0.145. The molecule has 2 aromatic carbocycles. The highest BCUT2D eigenvalue weighted by Gasteiger charge is 2.17. The van der Waals surface area contributed by atoms with Crippen molar-refractivity contribution in [3.63, 3.8) is 0 Å². The zero-order valence-corrected chi connectivity index (χ0v) is 12.9. The average molecular weight is 315 g/mol. The van der Waals surface area contributed by atoms with Gasteiger partial charge in [0.2, 0.25) is 0 Å². The lowest BCUT2D eigenvalue weighted by Gasteiger charge is -2.13. The highest BCUT2D eigenvalue weighted by Crippen LogP contribution is 2.29. The summed E-state index contributed by atoms with van der Waals surface area (Å²) in [7, 11) is 2.68. The van der Waals surface area contributed by atoms with Crippen LogP contribution in [0.15, 0.2) is 48.5 Å². The number of methoxy groups -OCH3 is 2. The summed E-state index contributed by atoms with van der Waals surface area (Å²) in [5.74, 6) is -0.334. The molecule has 0 aliphatic carbocycles. The van der Waals surface area contributed by atoms with E-state index in [1.807, 2.05) is 30.3 Å². The van der Waals surface area contributed by atoms with Crippen LogP contribution in [0, 0.1) is 0 Å². The molecule has 2 aromatic rings. The van der Waals surface area contributed by atoms with Gasteiger partial charge in [-0.25, -0.2) is 9.59 Å². The molecule has 1 N–H and O–H groups in total. The lowest BCUT2D eigenvalue weighted by atomic mass is 10.1. The smallest absolute Gasteiger partial charge is 0.412 e. The number of carbonyl (C=O) groups excluding carboxylic acids is 2. The molecule has 120 valence electrons. The second kappa shape index (κ2) is 7.84. The Morgan fingerprint density at radius 3 is 2.39 bits per heavy atom. The maximum absolute atomic E-state index is 11.9. The minimum Gasteiger partial charge on any atom is -0.494 e. The Morgan fingerprint density at radius 1 is 1.00 bits per heavy atom. The normalized spacial score (nSPS) is 9.83. The summed E-state index contributed by atoms with van der Waals surface area (Å²) in [6, 6.07) is 14.1. The van der Waals surface area contributed by atoms with E-state index < -0.39 is 12.1 Å². The van der Waals surface area contributed by atoms with Crippen LogP contribution in [-0.2, 0) is 16.1 Å². The monoisotopic (exact) mass is 315 g/mol. The number of nitrogens with one attached hydrogen (secondary N) is 1. The Kier molecular flexibility index (Phi) is 5.57. The number of carbonyl (C=O) groups is 2. The molecule has 0 aliphatic heterocycles. The lowest BCUT2D eigenvalue weighted by Crippen LogP contribution is -2.15. The van der Waals surface area contributed by atoms with E-state index in [1.165, 1.54) is 14.2 Å². The molecule has 0 unspecified atom stereocenters. The molecule has 0 heterocycles. The van der Waals surface area contributed by atoms with Crippen LogP contribution in [-0.4, -0.2) is 26.3 Å². The van der Waals surface area contributed by atoms with Gasteiger partial charge in [-0.05, 0) is 17.7 Å². The van der Waals surface area contributed by atoms with Gasteiger partial charge in [0.1, 0.15) is 12.2 Å². The summed E-state index contributed by atoms with van der Waals surface area (Å²) in [5.41, 5.74) is 1.42. The predicted octanol–water partition coefficient (Wildman–Crippen LogP) is 3.23. The number of hydrogen-bond acceptors (Lipinski definition) is 5. The van der Waals surface area contributed by atoms with Gasteiger partial charge in [-0.3, -0.25) is 5.32 Å². The van der Waals surface area contributed by atoms with Gasteiger partial charge in [0, 0.05) is 0 Å². The van der Waals surface area contributed by atoms with Crippen LogP contribution in [0.4, 0.5) is 10.5 Å². The van der Waals surface area contributed by atoms with Crippen LogP contribution >= 0.6 is 0 Å². The van der Waals surface area contributed by atoms with Crippen LogP contribution < -0.4 is 10.1 Å². The highest BCUT2D eigenvalue weighted by molar-refractivity contribution is 5.97. The van der Waals surface area contributed by atoms with Crippen molar-refractivity contribution >= 4 is 17.7 Å². The van der Waals surface area contributed by atoms with E-state index in [0.29, 0.717) is 5.69 Å². The number of hydrogen-bond donors (Lipinski definition) is 1. The molecule has 0 spiro atoms. The maximum atomic E-state index is 11.9. The van der Waals surface area contributed by atoms with E-state index in [9.17, 15) is 9.59 Å². The van der Waals surface area contributed by atoms with Crippen molar-refractivity contribution in [1.29, 1.82) is 0 Å². The molecule has 2 rings (SSSR count). The molecule has 1 amide bonds.